The number of nitrogens with zero attached hydrogens (tertiary/aromatic N) is 3. The van der Waals surface area contributed by atoms with Gasteiger partial charge in [-0.1, -0.05) is 55.5 Å². The van der Waals surface area contributed by atoms with Crippen molar-refractivity contribution in [1.82, 2.24) is 14.8 Å². The van der Waals surface area contributed by atoms with E-state index in [1.807, 2.05) is 37.3 Å². The number of oxazole rings is 1. The van der Waals surface area contributed by atoms with Crippen LogP contribution in [-0.2, 0) is 13.0 Å². The van der Waals surface area contributed by atoms with Crippen molar-refractivity contribution in [2.75, 3.05) is 5.32 Å². The fourth-order valence-corrected chi connectivity index (χ4v) is 3.66. The number of hydrogen-bond acceptors (Lipinski definition) is 5. The van der Waals surface area contributed by atoms with E-state index in [9.17, 15) is 9.59 Å². The average Bonchev–Trinajstić information content (AvgIpc) is 3.24. The number of rotatable bonds is 5. The van der Waals surface area contributed by atoms with Crippen LogP contribution in [0.25, 0.3) is 21.9 Å². The summed E-state index contributed by atoms with van der Waals surface area (Å²) in [5.41, 5.74) is 2.78. The SMILES string of the molecule is CCc1nc2cc(NC(=O)c3nn(Cc4ccccc4)c(=O)c4ccccc34)ccc2o1. The lowest BCUT2D eigenvalue weighted by atomic mass is 10.1. The molecule has 3 aromatic carbocycles. The van der Waals surface area contributed by atoms with E-state index in [4.69, 9.17) is 4.42 Å². The molecule has 5 rings (SSSR count). The predicted octanol–water partition coefficient (Wildman–Crippen LogP) is 4.40. The summed E-state index contributed by atoms with van der Waals surface area (Å²) < 4.78 is 6.96. The highest BCUT2D eigenvalue weighted by atomic mass is 16.3. The van der Waals surface area contributed by atoms with Crippen molar-refractivity contribution in [3.05, 3.63) is 100 Å². The number of carbonyl (C=O) groups excluding carboxylic acids is 1. The van der Waals surface area contributed by atoms with Gasteiger partial charge in [-0.3, -0.25) is 9.59 Å². The Kier molecular flexibility index (Phi) is 4.99. The Morgan fingerprint density at radius 2 is 1.75 bits per heavy atom. The van der Waals surface area contributed by atoms with E-state index in [1.54, 1.807) is 42.5 Å². The van der Waals surface area contributed by atoms with E-state index in [1.165, 1.54) is 4.68 Å². The highest BCUT2D eigenvalue weighted by Gasteiger charge is 2.17. The van der Waals surface area contributed by atoms with Crippen LogP contribution < -0.4 is 10.9 Å². The Morgan fingerprint density at radius 3 is 2.53 bits per heavy atom. The Morgan fingerprint density at radius 1 is 1.00 bits per heavy atom. The molecule has 0 atom stereocenters. The number of hydrogen-bond donors (Lipinski definition) is 1. The molecular weight excluding hydrogens is 404 g/mol. The van der Waals surface area contributed by atoms with Gasteiger partial charge in [0.2, 0.25) is 0 Å². The van der Waals surface area contributed by atoms with Gasteiger partial charge in [0.1, 0.15) is 5.52 Å². The van der Waals surface area contributed by atoms with Gasteiger partial charge in [-0.25, -0.2) is 9.67 Å². The van der Waals surface area contributed by atoms with Gasteiger partial charge in [-0.15, -0.1) is 0 Å². The standard InChI is InChI=1S/C25H20N4O3/c1-2-22-27-20-14-17(12-13-21(20)32-22)26-24(30)23-18-10-6-7-11-19(18)25(31)29(28-23)15-16-8-4-3-5-9-16/h3-14H,2,15H2,1H3,(H,26,30). The number of anilines is 1. The summed E-state index contributed by atoms with van der Waals surface area (Å²) in [5.74, 6) is 0.241. The molecule has 0 unspecified atom stereocenters. The van der Waals surface area contributed by atoms with Crippen LogP contribution in [0.4, 0.5) is 5.69 Å². The van der Waals surface area contributed by atoms with Gasteiger partial charge in [0.05, 0.1) is 11.9 Å². The van der Waals surface area contributed by atoms with Crippen molar-refractivity contribution < 1.29 is 9.21 Å². The topological polar surface area (TPSA) is 90.0 Å². The zero-order valence-corrected chi connectivity index (χ0v) is 17.4. The van der Waals surface area contributed by atoms with Crippen LogP contribution >= 0.6 is 0 Å². The summed E-state index contributed by atoms with van der Waals surface area (Å²) in [6, 6.07) is 21.9. The minimum atomic E-state index is -0.401. The summed E-state index contributed by atoms with van der Waals surface area (Å²) in [6.45, 7) is 2.24. The van der Waals surface area contributed by atoms with Crippen LogP contribution in [0.2, 0.25) is 0 Å². The second-order valence-corrected chi connectivity index (χ2v) is 7.44. The molecule has 0 saturated carbocycles. The number of aryl methyl sites for hydroxylation is 1. The third-order valence-electron chi connectivity index (χ3n) is 5.25. The molecule has 0 aliphatic carbocycles. The molecule has 1 N–H and O–H groups in total. The van der Waals surface area contributed by atoms with Crippen LogP contribution in [0.5, 0.6) is 0 Å². The fraction of sp³-hybridized carbons (Fsp3) is 0.120. The molecular formula is C25H20N4O3. The van der Waals surface area contributed by atoms with Crippen LogP contribution in [0, 0.1) is 0 Å². The minimum absolute atomic E-state index is 0.186. The molecule has 158 valence electrons. The van der Waals surface area contributed by atoms with Crippen molar-refractivity contribution in [3.63, 3.8) is 0 Å². The molecule has 0 aliphatic heterocycles. The van der Waals surface area contributed by atoms with Crippen LogP contribution in [-0.4, -0.2) is 20.7 Å². The largest absolute Gasteiger partial charge is 0.441 e. The molecule has 7 heteroatoms. The van der Waals surface area contributed by atoms with Gasteiger partial charge >= 0.3 is 0 Å². The van der Waals surface area contributed by atoms with E-state index in [0.29, 0.717) is 39.9 Å². The first-order valence-electron chi connectivity index (χ1n) is 10.4. The second-order valence-electron chi connectivity index (χ2n) is 7.44. The van der Waals surface area contributed by atoms with E-state index >= 15 is 0 Å². The average molecular weight is 424 g/mol. The van der Waals surface area contributed by atoms with Crippen molar-refractivity contribution in [2.24, 2.45) is 0 Å². The number of benzene rings is 3. The van der Waals surface area contributed by atoms with Crippen molar-refractivity contribution >= 4 is 33.5 Å². The van der Waals surface area contributed by atoms with Crippen molar-refractivity contribution in [1.29, 1.82) is 0 Å². The Bertz CT molecular complexity index is 1500. The first-order valence-corrected chi connectivity index (χ1v) is 10.4. The summed E-state index contributed by atoms with van der Waals surface area (Å²) in [5, 5.41) is 8.27. The molecule has 7 nitrogen and oxygen atoms in total. The van der Waals surface area contributed by atoms with Gasteiger partial charge in [0.25, 0.3) is 11.5 Å². The molecule has 0 saturated heterocycles. The molecule has 2 aromatic heterocycles. The summed E-state index contributed by atoms with van der Waals surface area (Å²) in [7, 11) is 0. The molecule has 0 aliphatic rings. The van der Waals surface area contributed by atoms with E-state index < -0.39 is 5.91 Å². The maximum atomic E-state index is 13.2. The lowest BCUT2D eigenvalue weighted by Gasteiger charge is -2.11. The predicted molar refractivity (Wildman–Crippen MR) is 123 cm³/mol. The van der Waals surface area contributed by atoms with Gasteiger partial charge in [0.15, 0.2) is 17.2 Å². The summed E-state index contributed by atoms with van der Waals surface area (Å²) >= 11 is 0. The highest BCUT2D eigenvalue weighted by molar-refractivity contribution is 6.11. The van der Waals surface area contributed by atoms with Crippen molar-refractivity contribution in [3.8, 4) is 0 Å². The molecule has 0 radical (unpaired) electrons. The zero-order valence-electron chi connectivity index (χ0n) is 17.4. The number of aromatic nitrogens is 3. The fourth-order valence-electron chi connectivity index (χ4n) is 3.66. The third-order valence-corrected chi connectivity index (χ3v) is 5.25. The van der Waals surface area contributed by atoms with E-state index in [2.05, 4.69) is 15.4 Å². The molecule has 2 heterocycles. The second kappa shape index (κ2) is 8.11. The quantitative estimate of drug-likeness (QED) is 0.452. The zero-order chi connectivity index (χ0) is 22.1. The summed E-state index contributed by atoms with van der Waals surface area (Å²) in [6.07, 6.45) is 0.690. The third kappa shape index (κ3) is 3.65. The normalized spacial score (nSPS) is 11.2. The Hall–Kier alpha value is -4.26. The van der Waals surface area contributed by atoms with E-state index in [-0.39, 0.29) is 17.8 Å². The Balaban J connectivity index is 1.54. The minimum Gasteiger partial charge on any atom is -0.441 e. The smallest absolute Gasteiger partial charge is 0.276 e. The molecule has 0 bridgehead atoms. The first kappa shape index (κ1) is 19.7. The van der Waals surface area contributed by atoms with Gasteiger partial charge < -0.3 is 9.73 Å². The van der Waals surface area contributed by atoms with E-state index in [0.717, 1.165) is 5.56 Å². The molecule has 5 aromatic rings. The van der Waals surface area contributed by atoms with Crippen LogP contribution in [0.15, 0.2) is 82.0 Å². The number of carbonyl (C=O) groups is 1. The van der Waals surface area contributed by atoms with Crippen LogP contribution in [0.1, 0.15) is 28.9 Å². The number of nitrogens with one attached hydrogen (secondary N) is 1. The van der Waals surface area contributed by atoms with Gasteiger partial charge in [0, 0.05) is 17.5 Å². The molecule has 32 heavy (non-hydrogen) atoms. The first-order chi connectivity index (χ1) is 15.6. The van der Waals surface area contributed by atoms with Gasteiger partial charge in [-0.2, -0.15) is 5.10 Å². The molecule has 0 fully saturated rings. The monoisotopic (exact) mass is 424 g/mol. The summed E-state index contributed by atoms with van der Waals surface area (Å²) in [4.78, 5) is 30.6. The number of fused-ring (bicyclic) bond motifs is 2. The van der Waals surface area contributed by atoms with Crippen molar-refractivity contribution in [2.45, 2.75) is 19.9 Å². The van der Waals surface area contributed by atoms with Crippen LogP contribution in [0.3, 0.4) is 0 Å². The maximum Gasteiger partial charge on any atom is 0.276 e. The molecule has 1 amide bonds. The maximum absolute atomic E-state index is 13.2. The lowest BCUT2D eigenvalue weighted by molar-refractivity contribution is 0.102. The molecule has 0 spiro atoms. The Labute approximate surface area is 183 Å². The van der Waals surface area contributed by atoms with Gasteiger partial charge in [-0.05, 0) is 29.8 Å². The lowest BCUT2D eigenvalue weighted by Crippen LogP contribution is -2.28. The number of amides is 1. The highest BCUT2D eigenvalue weighted by Crippen LogP contribution is 2.22.